The van der Waals surface area contributed by atoms with E-state index in [-0.39, 0.29) is 5.91 Å². The van der Waals surface area contributed by atoms with E-state index in [1.54, 1.807) is 0 Å². The molecule has 18 heavy (non-hydrogen) atoms. The van der Waals surface area contributed by atoms with Crippen molar-refractivity contribution in [1.82, 2.24) is 5.32 Å². The normalized spacial score (nSPS) is 12.2. The zero-order valence-corrected chi connectivity index (χ0v) is 12.1. The summed E-state index contributed by atoms with van der Waals surface area (Å²) in [6.45, 7) is 6.67. The molecule has 0 spiro atoms. The summed E-state index contributed by atoms with van der Waals surface area (Å²) in [5, 5.41) is 6.33. The Bertz CT molecular complexity index is 382. The predicted octanol–water partition coefficient (Wildman–Crippen LogP) is 2.88. The van der Waals surface area contributed by atoms with E-state index in [2.05, 4.69) is 24.5 Å². The second-order valence-electron chi connectivity index (χ2n) is 4.28. The van der Waals surface area contributed by atoms with Gasteiger partial charge in [0.25, 0.3) is 0 Å². The van der Waals surface area contributed by atoms with E-state index in [0.717, 1.165) is 29.3 Å². The maximum absolute atomic E-state index is 11.1. The summed E-state index contributed by atoms with van der Waals surface area (Å²) in [6, 6.07) is 8.38. The third kappa shape index (κ3) is 5.56. The van der Waals surface area contributed by atoms with E-state index >= 15 is 0 Å². The van der Waals surface area contributed by atoms with Crippen molar-refractivity contribution in [3.8, 4) is 0 Å². The van der Waals surface area contributed by atoms with Crippen LogP contribution in [0.4, 0.5) is 5.69 Å². The molecule has 0 fully saturated rings. The molecule has 0 bridgehead atoms. The smallest absolute Gasteiger partial charge is 0.221 e. The molecule has 2 N–H and O–H groups in total. The Kier molecular flexibility index (Phi) is 6.83. The van der Waals surface area contributed by atoms with Crippen LogP contribution in [0.3, 0.4) is 0 Å². The molecule has 0 aliphatic heterocycles. The maximum atomic E-state index is 11.1. The van der Waals surface area contributed by atoms with Crippen molar-refractivity contribution in [1.29, 1.82) is 0 Å². The van der Waals surface area contributed by atoms with Gasteiger partial charge in [0.1, 0.15) is 0 Å². The molecule has 0 heterocycles. The van der Waals surface area contributed by atoms with Crippen LogP contribution in [0.15, 0.2) is 24.3 Å². The summed E-state index contributed by atoms with van der Waals surface area (Å²) in [5.41, 5.74) is 2.02. The van der Waals surface area contributed by atoms with E-state index in [0.29, 0.717) is 6.04 Å². The number of hydrogen-bond acceptors (Lipinski definition) is 3. The minimum Gasteiger partial charge on any atom is -0.326 e. The van der Waals surface area contributed by atoms with Crippen molar-refractivity contribution in [3.63, 3.8) is 0 Å². The van der Waals surface area contributed by atoms with Crippen LogP contribution >= 0.6 is 11.8 Å². The van der Waals surface area contributed by atoms with Gasteiger partial charge in [0.05, 0.1) is 0 Å². The molecule has 0 aliphatic carbocycles. The van der Waals surface area contributed by atoms with Crippen LogP contribution in [0, 0.1) is 0 Å². The first-order chi connectivity index (χ1) is 8.63. The Morgan fingerprint density at radius 3 is 2.78 bits per heavy atom. The fourth-order valence-corrected chi connectivity index (χ4v) is 2.33. The first kappa shape index (κ1) is 15.1. The lowest BCUT2D eigenvalue weighted by Crippen LogP contribution is -2.28. The quantitative estimate of drug-likeness (QED) is 0.797. The van der Waals surface area contributed by atoms with E-state index < -0.39 is 0 Å². The molecular formula is C14H22N2OS. The van der Waals surface area contributed by atoms with E-state index in [1.807, 2.05) is 36.0 Å². The minimum atomic E-state index is -0.0305. The lowest BCUT2D eigenvalue weighted by Gasteiger charge is -2.15. The number of carbonyl (C=O) groups is 1. The number of para-hydroxylation sites is 1. The number of thioether (sulfide) groups is 1. The minimum absolute atomic E-state index is 0.0305. The molecule has 0 saturated carbocycles. The van der Waals surface area contributed by atoms with E-state index in [1.165, 1.54) is 6.92 Å². The number of rotatable bonds is 7. The van der Waals surface area contributed by atoms with Gasteiger partial charge in [-0.3, -0.25) is 4.79 Å². The SMILES string of the molecule is CCSCC(C)NCc1ccccc1NC(C)=O. The van der Waals surface area contributed by atoms with Gasteiger partial charge in [-0.2, -0.15) is 11.8 Å². The Morgan fingerprint density at radius 1 is 1.39 bits per heavy atom. The van der Waals surface area contributed by atoms with Crippen molar-refractivity contribution in [2.24, 2.45) is 0 Å². The largest absolute Gasteiger partial charge is 0.326 e. The van der Waals surface area contributed by atoms with Gasteiger partial charge < -0.3 is 10.6 Å². The van der Waals surface area contributed by atoms with Crippen LogP contribution in [0.5, 0.6) is 0 Å². The summed E-state index contributed by atoms with van der Waals surface area (Å²) >= 11 is 1.93. The number of anilines is 1. The lowest BCUT2D eigenvalue weighted by atomic mass is 10.1. The zero-order valence-electron chi connectivity index (χ0n) is 11.3. The first-order valence-electron chi connectivity index (χ1n) is 6.30. The standard InChI is InChI=1S/C14H22N2OS/c1-4-18-10-11(2)15-9-13-7-5-6-8-14(13)16-12(3)17/h5-8,11,15H,4,9-10H2,1-3H3,(H,16,17). The van der Waals surface area contributed by atoms with Crippen LogP contribution in [-0.4, -0.2) is 23.5 Å². The van der Waals surface area contributed by atoms with Gasteiger partial charge in [0, 0.05) is 31.0 Å². The van der Waals surface area contributed by atoms with Crippen LogP contribution in [0.2, 0.25) is 0 Å². The van der Waals surface area contributed by atoms with Gasteiger partial charge in [-0.1, -0.05) is 25.1 Å². The molecule has 1 rings (SSSR count). The Hall–Kier alpha value is -1.00. The highest BCUT2D eigenvalue weighted by Gasteiger charge is 2.05. The van der Waals surface area contributed by atoms with Crippen molar-refractivity contribution >= 4 is 23.4 Å². The first-order valence-corrected chi connectivity index (χ1v) is 7.45. The van der Waals surface area contributed by atoms with Crippen LogP contribution in [0.1, 0.15) is 26.3 Å². The molecule has 100 valence electrons. The molecule has 1 aromatic carbocycles. The highest BCUT2D eigenvalue weighted by molar-refractivity contribution is 7.99. The molecule has 1 atom stereocenters. The van der Waals surface area contributed by atoms with Crippen LogP contribution in [0.25, 0.3) is 0 Å². The fraction of sp³-hybridized carbons (Fsp3) is 0.500. The van der Waals surface area contributed by atoms with Gasteiger partial charge in [0.15, 0.2) is 0 Å². The van der Waals surface area contributed by atoms with Gasteiger partial charge in [-0.15, -0.1) is 0 Å². The number of carbonyl (C=O) groups excluding carboxylic acids is 1. The van der Waals surface area contributed by atoms with Gasteiger partial charge in [-0.25, -0.2) is 0 Å². The molecule has 0 radical (unpaired) electrons. The highest BCUT2D eigenvalue weighted by atomic mass is 32.2. The molecule has 1 amide bonds. The van der Waals surface area contributed by atoms with Gasteiger partial charge in [-0.05, 0) is 24.3 Å². The fourth-order valence-electron chi connectivity index (χ4n) is 1.62. The third-order valence-corrected chi connectivity index (χ3v) is 3.68. The molecule has 1 unspecified atom stereocenters. The molecule has 0 aromatic heterocycles. The Labute approximate surface area is 114 Å². The topological polar surface area (TPSA) is 41.1 Å². The van der Waals surface area contributed by atoms with Crippen molar-refractivity contribution in [2.45, 2.75) is 33.4 Å². The molecule has 4 heteroatoms. The second kappa shape index (κ2) is 8.16. The molecule has 1 aromatic rings. The van der Waals surface area contributed by atoms with Crippen molar-refractivity contribution < 1.29 is 4.79 Å². The summed E-state index contributed by atoms with van der Waals surface area (Å²) in [7, 11) is 0. The average molecular weight is 266 g/mol. The molecule has 0 aliphatic rings. The average Bonchev–Trinajstić information content (AvgIpc) is 2.34. The van der Waals surface area contributed by atoms with Crippen molar-refractivity contribution in [2.75, 3.05) is 16.8 Å². The van der Waals surface area contributed by atoms with Gasteiger partial charge in [0.2, 0.25) is 5.91 Å². The van der Waals surface area contributed by atoms with Crippen LogP contribution < -0.4 is 10.6 Å². The maximum Gasteiger partial charge on any atom is 0.221 e. The molecular weight excluding hydrogens is 244 g/mol. The highest BCUT2D eigenvalue weighted by Crippen LogP contribution is 2.15. The van der Waals surface area contributed by atoms with Crippen LogP contribution in [-0.2, 0) is 11.3 Å². The number of amides is 1. The Morgan fingerprint density at radius 2 is 2.11 bits per heavy atom. The Balaban J connectivity index is 2.53. The number of nitrogens with one attached hydrogen (secondary N) is 2. The molecule has 3 nitrogen and oxygen atoms in total. The lowest BCUT2D eigenvalue weighted by molar-refractivity contribution is -0.114. The monoisotopic (exact) mass is 266 g/mol. The summed E-state index contributed by atoms with van der Waals surface area (Å²) in [5.74, 6) is 2.23. The van der Waals surface area contributed by atoms with E-state index in [4.69, 9.17) is 0 Å². The van der Waals surface area contributed by atoms with Gasteiger partial charge >= 0.3 is 0 Å². The summed E-state index contributed by atoms with van der Waals surface area (Å²) < 4.78 is 0. The predicted molar refractivity (Wildman–Crippen MR) is 80.0 cm³/mol. The van der Waals surface area contributed by atoms with E-state index in [9.17, 15) is 4.79 Å². The van der Waals surface area contributed by atoms with Crippen molar-refractivity contribution in [3.05, 3.63) is 29.8 Å². The summed E-state index contributed by atoms with van der Waals surface area (Å²) in [4.78, 5) is 11.1. The zero-order chi connectivity index (χ0) is 13.4. The number of benzene rings is 1. The second-order valence-corrected chi connectivity index (χ2v) is 5.60. The third-order valence-electron chi connectivity index (χ3n) is 2.54. The summed E-state index contributed by atoms with van der Waals surface area (Å²) in [6.07, 6.45) is 0. The number of hydrogen-bond donors (Lipinski definition) is 2. The molecule has 0 saturated heterocycles.